The van der Waals surface area contributed by atoms with Crippen LogP contribution < -0.4 is 16.0 Å². The lowest BCUT2D eigenvalue weighted by Crippen LogP contribution is -2.45. The normalized spacial score (nSPS) is 12.0. The minimum absolute atomic E-state index is 0.0819. The first-order chi connectivity index (χ1) is 10.5. The van der Waals surface area contributed by atoms with E-state index < -0.39 is 17.9 Å². The van der Waals surface area contributed by atoms with Gasteiger partial charge in [0.2, 0.25) is 5.91 Å². The third-order valence-electron chi connectivity index (χ3n) is 3.13. The van der Waals surface area contributed by atoms with Gasteiger partial charge in [0.25, 0.3) is 5.56 Å². The number of carboxylic acids is 1. The number of carboxylic acid groups (broad SMARTS) is 1. The molecule has 0 saturated carbocycles. The van der Waals surface area contributed by atoms with Gasteiger partial charge in [0.05, 0.1) is 17.4 Å². The van der Waals surface area contributed by atoms with Crippen molar-refractivity contribution in [3.8, 4) is 0 Å². The Balaban J connectivity index is 1.95. The number of rotatable bonds is 6. The molecule has 0 aliphatic carbocycles. The van der Waals surface area contributed by atoms with E-state index in [4.69, 9.17) is 0 Å². The van der Waals surface area contributed by atoms with E-state index in [2.05, 4.69) is 15.6 Å². The Bertz CT molecular complexity index is 756. The Morgan fingerprint density at radius 3 is 2.82 bits per heavy atom. The van der Waals surface area contributed by atoms with Crippen LogP contribution in [-0.2, 0) is 16.1 Å². The molecule has 0 aliphatic heterocycles. The lowest BCUT2D eigenvalue weighted by Gasteiger charge is -2.14. The van der Waals surface area contributed by atoms with Crippen LogP contribution >= 0.6 is 0 Å². The van der Waals surface area contributed by atoms with Crippen LogP contribution in [0.3, 0.4) is 0 Å². The zero-order chi connectivity index (χ0) is 16.1. The van der Waals surface area contributed by atoms with Crippen LogP contribution in [0.4, 0.5) is 0 Å². The second-order valence-electron chi connectivity index (χ2n) is 4.85. The number of carbonyl (C=O) groups excluding carboxylic acids is 2. The fourth-order valence-corrected chi connectivity index (χ4v) is 1.93. The maximum atomic E-state index is 12.1. The van der Waals surface area contributed by atoms with Crippen molar-refractivity contribution in [1.82, 2.24) is 20.3 Å². The monoisotopic (exact) mass is 303 g/mol. The standard InChI is InChI=1S/C14H16N4O4/c1-9(14(21)22)15-12(19)7-4-8-18-13(20)10-5-2-3-6-11(10)16-17-18/h2-3,5-6,9H,4,7-8H2,1H3,(H,15,19)(H,21,22)/p-1/t9-/m0/s1. The molecule has 0 fully saturated rings. The van der Waals surface area contributed by atoms with Gasteiger partial charge in [0.1, 0.15) is 5.52 Å². The Hall–Kier alpha value is -2.77. The summed E-state index contributed by atoms with van der Waals surface area (Å²) in [7, 11) is 0. The SMILES string of the molecule is C[C@H](NC(=O)CCCn1nnc2ccccc2c1=O)C(=O)[O-]. The van der Waals surface area contributed by atoms with E-state index >= 15 is 0 Å². The molecule has 0 unspecified atom stereocenters. The smallest absolute Gasteiger partial charge is 0.277 e. The first kappa shape index (κ1) is 15.6. The molecule has 116 valence electrons. The van der Waals surface area contributed by atoms with Crippen LogP contribution in [0, 0.1) is 0 Å². The summed E-state index contributed by atoms with van der Waals surface area (Å²) >= 11 is 0. The van der Waals surface area contributed by atoms with Gasteiger partial charge in [0, 0.05) is 13.0 Å². The van der Waals surface area contributed by atoms with Crippen molar-refractivity contribution in [2.45, 2.75) is 32.4 Å². The molecule has 8 nitrogen and oxygen atoms in total. The molecule has 1 N–H and O–H groups in total. The van der Waals surface area contributed by atoms with Crippen LogP contribution in [0.1, 0.15) is 19.8 Å². The summed E-state index contributed by atoms with van der Waals surface area (Å²) in [5, 5.41) is 21.0. The minimum atomic E-state index is -1.34. The summed E-state index contributed by atoms with van der Waals surface area (Å²) in [5.74, 6) is -1.76. The highest BCUT2D eigenvalue weighted by Gasteiger charge is 2.09. The van der Waals surface area contributed by atoms with Crippen LogP contribution in [0.2, 0.25) is 0 Å². The second-order valence-corrected chi connectivity index (χ2v) is 4.85. The number of amides is 1. The molecule has 0 bridgehead atoms. The van der Waals surface area contributed by atoms with Gasteiger partial charge in [-0.1, -0.05) is 17.3 Å². The number of nitrogens with one attached hydrogen (secondary N) is 1. The van der Waals surface area contributed by atoms with E-state index in [1.165, 1.54) is 11.6 Å². The number of aromatic nitrogens is 3. The summed E-state index contributed by atoms with van der Waals surface area (Å²) in [5.41, 5.74) is 0.249. The highest BCUT2D eigenvalue weighted by atomic mass is 16.4. The van der Waals surface area contributed by atoms with Gasteiger partial charge in [-0.3, -0.25) is 9.59 Å². The second kappa shape index (κ2) is 6.79. The summed E-state index contributed by atoms with van der Waals surface area (Å²) in [6.45, 7) is 1.55. The van der Waals surface area contributed by atoms with Crippen LogP contribution in [-0.4, -0.2) is 32.9 Å². The molecule has 22 heavy (non-hydrogen) atoms. The van der Waals surface area contributed by atoms with Crippen LogP contribution in [0.25, 0.3) is 10.9 Å². The largest absolute Gasteiger partial charge is 0.548 e. The molecule has 1 amide bonds. The summed E-state index contributed by atoms with van der Waals surface area (Å²) in [6, 6.07) is 5.82. The van der Waals surface area contributed by atoms with Crippen molar-refractivity contribution in [3.63, 3.8) is 0 Å². The number of hydrogen-bond donors (Lipinski definition) is 1. The van der Waals surface area contributed by atoms with Gasteiger partial charge in [0.15, 0.2) is 0 Å². The predicted octanol–water partition coefficient (Wildman–Crippen LogP) is -1.17. The van der Waals surface area contributed by atoms with Gasteiger partial charge < -0.3 is 15.2 Å². The van der Waals surface area contributed by atoms with Crippen molar-refractivity contribution in [2.24, 2.45) is 0 Å². The number of nitrogens with zero attached hydrogens (tertiary/aromatic N) is 3. The molecule has 1 aromatic heterocycles. The first-order valence-electron chi connectivity index (χ1n) is 6.82. The van der Waals surface area contributed by atoms with E-state index in [-0.39, 0.29) is 18.5 Å². The van der Waals surface area contributed by atoms with Crippen molar-refractivity contribution in [2.75, 3.05) is 0 Å². The van der Waals surface area contributed by atoms with E-state index in [0.29, 0.717) is 17.3 Å². The zero-order valence-electron chi connectivity index (χ0n) is 12.0. The number of carbonyl (C=O) groups is 2. The molecule has 0 aliphatic rings. The molecule has 1 atom stereocenters. The van der Waals surface area contributed by atoms with Crippen LogP contribution in [0.5, 0.6) is 0 Å². The average Bonchev–Trinajstić information content (AvgIpc) is 2.49. The van der Waals surface area contributed by atoms with Crippen molar-refractivity contribution in [3.05, 3.63) is 34.6 Å². The number of fused-ring (bicyclic) bond motifs is 1. The molecular formula is C14H15N4O4-. The maximum Gasteiger partial charge on any atom is 0.277 e. The lowest BCUT2D eigenvalue weighted by atomic mass is 10.2. The Labute approximate surface area is 125 Å². The quantitative estimate of drug-likeness (QED) is 0.718. The van der Waals surface area contributed by atoms with Gasteiger partial charge >= 0.3 is 0 Å². The minimum Gasteiger partial charge on any atom is -0.548 e. The number of aliphatic carboxylic acids is 1. The van der Waals surface area contributed by atoms with Crippen molar-refractivity contribution >= 4 is 22.8 Å². The highest BCUT2D eigenvalue weighted by molar-refractivity contribution is 5.82. The summed E-state index contributed by atoms with van der Waals surface area (Å²) < 4.78 is 1.19. The fourth-order valence-electron chi connectivity index (χ4n) is 1.93. The Morgan fingerprint density at radius 1 is 1.36 bits per heavy atom. The van der Waals surface area contributed by atoms with Gasteiger partial charge in [-0.2, -0.15) is 0 Å². The van der Waals surface area contributed by atoms with E-state index in [9.17, 15) is 19.5 Å². The molecule has 0 saturated heterocycles. The molecular weight excluding hydrogens is 288 g/mol. The van der Waals surface area contributed by atoms with Crippen molar-refractivity contribution < 1.29 is 14.7 Å². The summed E-state index contributed by atoms with van der Waals surface area (Å²) in [6.07, 6.45) is 0.428. The number of hydrogen-bond acceptors (Lipinski definition) is 6. The van der Waals surface area contributed by atoms with Crippen molar-refractivity contribution in [1.29, 1.82) is 0 Å². The molecule has 0 radical (unpaired) electrons. The molecule has 1 heterocycles. The number of aryl methyl sites for hydroxylation is 1. The molecule has 0 spiro atoms. The van der Waals surface area contributed by atoms with E-state index in [1.807, 2.05) is 0 Å². The van der Waals surface area contributed by atoms with Gasteiger partial charge in [-0.25, -0.2) is 4.68 Å². The zero-order valence-corrected chi connectivity index (χ0v) is 12.0. The van der Waals surface area contributed by atoms with Crippen LogP contribution in [0.15, 0.2) is 29.1 Å². The maximum absolute atomic E-state index is 12.1. The van der Waals surface area contributed by atoms with E-state index in [1.54, 1.807) is 24.3 Å². The number of benzene rings is 1. The Kier molecular flexibility index (Phi) is 4.82. The van der Waals surface area contributed by atoms with E-state index in [0.717, 1.165) is 0 Å². The molecule has 1 aromatic carbocycles. The lowest BCUT2D eigenvalue weighted by molar-refractivity contribution is -0.307. The third-order valence-corrected chi connectivity index (χ3v) is 3.13. The van der Waals surface area contributed by atoms with Gasteiger partial charge in [-0.15, -0.1) is 5.10 Å². The molecule has 2 rings (SSSR count). The summed E-state index contributed by atoms with van der Waals surface area (Å²) in [4.78, 5) is 34.2. The molecule has 2 aromatic rings. The Morgan fingerprint density at radius 2 is 2.09 bits per heavy atom. The fraction of sp³-hybridized carbons (Fsp3) is 0.357. The predicted molar refractivity (Wildman–Crippen MR) is 75.6 cm³/mol. The third kappa shape index (κ3) is 3.66. The van der Waals surface area contributed by atoms with Gasteiger partial charge in [-0.05, 0) is 25.5 Å². The first-order valence-corrected chi connectivity index (χ1v) is 6.82. The average molecular weight is 303 g/mol. The highest BCUT2D eigenvalue weighted by Crippen LogP contribution is 2.03. The molecule has 8 heteroatoms. The topological polar surface area (TPSA) is 117 Å².